The van der Waals surface area contributed by atoms with Crippen molar-refractivity contribution in [3.8, 4) is 0 Å². The maximum absolute atomic E-state index is 12.2. The van der Waals surface area contributed by atoms with E-state index >= 15 is 0 Å². The van der Waals surface area contributed by atoms with Crippen molar-refractivity contribution in [1.29, 1.82) is 0 Å². The number of aryl methyl sites for hydroxylation is 1. The molecule has 0 saturated carbocycles. The topological polar surface area (TPSA) is 55.4 Å². The number of carbonyl (C=O) groups excluding carboxylic acids is 2. The number of thiol groups is 1. The molecule has 1 rings (SSSR count). The van der Waals surface area contributed by atoms with Crippen LogP contribution in [0.4, 0.5) is 4.79 Å². The standard InChI is InChI=1S/C16H23NO3S/c1-11-5-7-12(8-6-11)9-14(18)13(10-21)17-15(19)20-16(2,3)4/h5-8,13,21H,9-10H2,1-4H3,(H,17,19)/t13-/m0/s1. The number of alkyl carbamates (subject to hydrolysis) is 1. The predicted molar refractivity (Wildman–Crippen MR) is 86.9 cm³/mol. The van der Waals surface area contributed by atoms with Gasteiger partial charge < -0.3 is 10.1 Å². The summed E-state index contributed by atoms with van der Waals surface area (Å²) >= 11 is 4.13. The number of Topliss-reactive ketones (excluding diaryl/α,β-unsaturated/α-hetero) is 1. The van der Waals surface area contributed by atoms with Crippen LogP contribution < -0.4 is 5.32 Å². The number of ether oxygens (including phenoxy) is 1. The Bertz CT molecular complexity index is 491. The van der Waals surface area contributed by atoms with Crippen LogP contribution in [0.25, 0.3) is 0 Å². The minimum Gasteiger partial charge on any atom is -0.444 e. The smallest absolute Gasteiger partial charge is 0.408 e. The third-order valence-corrected chi connectivity index (χ3v) is 3.13. The van der Waals surface area contributed by atoms with Gasteiger partial charge in [0.1, 0.15) is 5.60 Å². The van der Waals surface area contributed by atoms with Crippen molar-refractivity contribution in [3.63, 3.8) is 0 Å². The number of hydrogen-bond acceptors (Lipinski definition) is 4. The van der Waals surface area contributed by atoms with Crippen LogP contribution in [-0.4, -0.2) is 29.3 Å². The van der Waals surface area contributed by atoms with Gasteiger partial charge in [-0.1, -0.05) is 29.8 Å². The lowest BCUT2D eigenvalue weighted by atomic mass is 10.0. The van der Waals surface area contributed by atoms with Crippen LogP contribution in [0, 0.1) is 6.92 Å². The van der Waals surface area contributed by atoms with Gasteiger partial charge in [0.25, 0.3) is 0 Å². The molecule has 1 N–H and O–H groups in total. The van der Waals surface area contributed by atoms with Gasteiger partial charge in [-0.25, -0.2) is 4.79 Å². The first-order valence-corrected chi connectivity index (χ1v) is 7.53. The van der Waals surface area contributed by atoms with Gasteiger partial charge in [0, 0.05) is 12.2 Å². The minimum absolute atomic E-state index is 0.0836. The van der Waals surface area contributed by atoms with E-state index in [0.717, 1.165) is 11.1 Å². The molecule has 1 aromatic carbocycles. The molecule has 0 unspecified atom stereocenters. The maximum Gasteiger partial charge on any atom is 0.408 e. The molecule has 0 saturated heterocycles. The molecule has 1 amide bonds. The number of nitrogens with one attached hydrogen (secondary N) is 1. The highest BCUT2D eigenvalue weighted by molar-refractivity contribution is 7.80. The Kier molecular flexibility index (Phi) is 6.27. The third kappa shape index (κ3) is 6.67. The molecule has 1 atom stereocenters. The molecular weight excluding hydrogens is 286 g/mol. The largest absolute Gasteiger partial charge is 0.444 e. The highest BCUT2D eigenvalue weighted by atomic mass is 32.1. The summed E-state index contributed by atoms with van der Waals surface area (Å²) in [6, 6.07) is 7.09. The fraction of sp³-hybridized carbons (Fsp3) is 0.500. The van der Waals surface area contributed by atoms with Crippen molar-refractivity contribution in [2.24, 2.45) is 0 Å². The normalized spacial score (nSPS) is 12.6. The summed E-state index contributed by atoms with van der Waals surface area (Å²) in [5.41, 5.74) is 1.47. The highest BCUT2D eigenvalue weighted by Gasteiger charge is 2.23. The zero-order valence-electron chi connectivity index (χ0n) is 13.0. The van der Waals surface area contributed by atoms with Crippen molar-refractivity contribution in [1.82, 2.24) is 5.32 Å². The Morgan fingerprint density at radius 3 is 2.29 bits per heavy atom. The fourth-order valence-electron chi connectivity index (χ4n) is 1.71. The Morgan fingerprint density at radius 2 is 1.81 bits per heavy atom. The molecule has 5 heteroatoms. The summed E-state index contributed by atoms with van der Waals surface area (Å²) in [7, 11) is 0. The number of ketones is 1. The molecule has 0 aromatic heterocycles. The zero-order valence-corrected chi connectivity index (χ0v) is 13.9. The molecule has 0 radical (unpaired) electrons. The lowest BCUT2D eigenvalue weighted by Crippen LogP contribution is -2.45. The van der Waals surface area contributed by atoms with Crippen molar-refractivity contribution in [2.45, 2.75) is 45.8 Å². The van der Waals surface area contributed by atoms with Crippen LogP contribution in [0.15, 0.2) is 24.3 Å². The molecule has 0 aliphatic carbocycles. The SMILES string of the molecule is Cc1ccc(CC(=O)[C@H](CS)NC(=O)OC(C)(C)C)cc1. The molecule has 0 aliphatic heterocycles. The molecule has 0 heterocycles. The summed E-state index contributed by atoms with van der Waals surface area (Å²) in [5, 5.41) is 2.57. The van der Waals surface area contributed by atoms with Crippen LogP contribution in [-0.2, 0) is 16.0 Å². The van der Waals surface area contributed by atoms with Gasteiger partial charge in [0.05, 0.1) is 6.04 Å². The quantitative estimate of drug-likeness (QED) is 0.822. The van der Waals surface area contributed by atoms with Crippen LogP contribution in [0.5, 0.6) is 0 Å². The molecular formula is C16H23NO3S. The van der Waals surface area contributed by atoms with E-state index in [9.17, 15) is 9.59 Å². The average Bonchev–Trinajstić information content (AvgIpc) is 2.36. The Labute approximate surface area is 131 Å². The Balaban J connectivity index is 2.61. The minimum atomic E-state index is -0.649. The second-order valence-corrected chi connectivity index (χ2v) is 6.38. The molecule has 21 heavy (non-hydrogen) atoms. The first kappa shape index (κ1) is 17.6. The second-order valence-electron chi connectivity index (χ2n) is 6.01. The van der Waals surface area contributed by atoms with Crippen LogP contribution in [0.1, 0.15) is 31.9 Å². The number of hydrogen-bond donors (Lipinski definition) is 2. The number of benzene rings is 1. The van der Waals surface area contributed by atoms with E-state index in [2.05, 4.69) is 17.9 Å². The number of amides is 1. The van der Waals surface area contributed by atoms with E-state index in [0.29, 0.717) is 0 Å². The predicted octanol–water partition coefficient (Wildman–Crippen LogP) is 2.93. The van der Waals surface area contributed by atoms with E-state index in [4.69, 9.17) is 4.74 Å². The number of carbonyl (C=O) groups is 2. The van der Waals surface area contributed by atoms with E-state index in [1.54, 1.807) is 20.8 Å². The monoisotopic (exact) mass is 309 g/mol. The zero-order chi connectivity index (χ0) is 16.0. The van der Waals surface area contributed by atoms with Gasteiger partial charge in [0.15, 0.2) is 5.78 Å². The summed E-state index contributed by atoms with van der Waals surface area (Å²) < 4.78 is 5.15. The lowest BCUT2D eigenvalue weighted by Gasteiger charge is -2.22. The Morgan fingerprint density at radius 1 is 1.24 bits per heavy atom. The van der Waals surface area contributed by atoms with Crippen LogP contribution >= 0.6 is 12.6 Å². The lowest BCUT2D eigenvalue weighted by molar-refractivity contribution is -0.119. The first-order valence-electron chi connectivity index (χ1n) is 6.90. The summed E-state index contributed by atoms with van der Waals surface area (Å²) in [4.78, 5) is 23.9. The van der Waals surface area contributed by atoms with Gasteiger partial charge in [-0.05, 0) is 33.3 Å². The van der Waals surface area contributed by atoms with Gasteiger partial charge >= 0.3 is 6.09 Å². The third-order valence-electron chi connectivity index (χ3n) is 2.76. The van der Waals surface area contributed by atoms with Crippen molar-refractivity contribution in [3.05, 3.63) is 35.4 Å². The molecule has 4 nitrogen and oxygen atoms in total. The summed E-state index contributed by atoms with van der Waals surface area (Å²) in [6.07, 6.45) is -0.333. The number of rotatable bonds is 5. The van der Waals surface area contributed by atoms with Gasteiger partial charge in [-0.15, -0.1) is 0 Å². The second kappa shape index (κ2) is 7.50. The molecule has 0 fully saturated rings. The molecule has 0 spiro atoms. The highest BCUT2D eigenvalue weighted by Crippen LogP contribution is 2.09. The fourth-order valence-corrected chi connectivity index (χ4v) is 2.00. The van der Waals surface area contributed by atoms with Crippen LogP contribution in [0.3, 0.4) is 0 Å². The molecule has 116 valence electrons. The van der Waals surface area contributed by atoms with Gasteiger partial charge in [0.2, 0.25) is 0 Å². The molecule has 0 aliphatic rings. The van der Waals surface area contributed by atoms with E-state index in [1.165, 1.54) is 0 Å². The van der Waals surface area contributed by atoms with Gasteiger partial charge in [-0.2, -0.15) is 12.6 Å². The summed E-state index contributed by atoms with van der Waals surface area (Å²) in [6.45, 7) is 7.31. The van der Waals surface area contributed by atoms with E-state index in [-0.39, 0.29) is 18.0 Å². The van der Waals surface area contributed by atoms with Gasteiger partial charge in [-0.3, -0.25) is 4.79 Å². The average molecular weight is 309 g/mol. The Hall–Kier alpha value is -1.49. The maximum atomic E-state index is 12.2. The van der Waals surface area contributed by atoms with Crippen molar-refractivity contribution < 1.29 is 14.3 Å². The molecule has 0 bridgehead atoms. The van der Waals surface area contributed by atoms with Crippen LogP contribution in [0.2, 0.25) is 0 Å². The molecule has 1 aromatic rings. The van der Waals surface area contributed by atoms with E-state index < -0.39 is 17.7 Å². The van der Waals surface area contributed by atoms with Crippen molar-refractivity contribution in [2.75, 3.05) is 5.75 Å². The first-order chi connectivity index (χ1) is 9.71. The van der Waals surface area contributed by atoms with E-state index in [1.807, 2.05) is 31.2 Å². The van der Waals surface area contributed by atoms with Crippen molar-refractivity contribution >= 4 is 24.5 Å². The summed E-state index contributed by atoms with van der Waals surface area (Å²) in [5.74, 6) is 0.156.